The van der Waals surface area contributed by atoms with Gasteiger partial charge in [0.1, 0.15) is 0 Å². The number of nitrogens with zero attached hydrogens (tertiary/aromatic N) is 1. The van der Waals surface area contributed by atoms with Crippen LogP contribution in [0.15, 0.2) is 0 Å². The highest BCUT2D eigenvalue weighted by atomic mass is 16.3. The summed E-state index contributed by atoms with van der Waals surface area (Å²) in [6.07, 6.45) is 3.34. The van der Waals surface area contributed by atoms with Crippen molar-refractivity contribution in [2.45, 2.75) is 59.0 Å². The Bertz CT molecular complexity index is 206. The molecule has 0 saturated carbocycles. The summed E-state index contributed by atoms with van der Waals surface area (Å²) in [5.41, 5.74) is 0.0885. The summed E-state index contributed by atoms with van der Waals surface area (Å²) in [5, 5.41) is 13.2. The van der Waals surface area contributed by atoms with Gasteiger partial charge in [0.25, 0.3) is 0 Å². The molecule has 0 aromatic carbocycles. The van der Waals surface area contributed by atoms with Crippen molar-refractivity contribution >= 4 is 0 Å². The van der Waals surface area contributed by atoms with Gasteiger partial charge in [-0.1, -0.05) is 13.8 Å². The molecule has 3 nitrogen and oxygen atoms in total. The molecule has 3 heteroatoms. The zero-order valence-electron chi connectivity index (χ0n) is 12.0. The van der Waals surface area contributed by atoms with Gasteiger partial charge < -0.3 is 10.4 Å². The summed E-state index contributed by atoms with van der Waals surface area (Å²) < 4.78 is 0. The van der Waals surface area contributed by atoms with E-state index >= 15 is 0 Å². The maximum Gasteiger partial charge on any atom is 0.0499 e. The molecular formula is C14H30N2O. The van der Waals surface area contributed by atoms with Gasteiger partial charge in [-0.25, -0.2) is 0 Å². The lowest BCUT2D eigenvalue weighted by atomic mass is 9.83. The normalized spacial score (nSPS) is 22.6. The van der Waals surface area contributed by atoms with E-state index in [0.29, 0.717) is 18.7 Å². The number of hydrogen-bond acceptors (Lipinski definition) is 3. The van der Waals surface area contributed by atoms with Crippen LogP contribution < -0.4 is 5.32 Å². The van der Waals surface area contributed by atoms with Crippen molar-refractivity contribution in [1.82, 2.24) is 10.2 Å². The van der Waals surface area contributed by atoms with Crippen LogP contribution in [0.1, 0.15) is 47.0 Å². The second-order valence-corrected chi connectivity index (χ2v) is 5.82. The first-order chi connectivity index (χ1) is 8.06. The molecule has 102 valence electrons. The van der Waals surface area contributed by atoms with Gasteiger partial charge in [0.15, 0.2) is 0 Å². The molecule has 1 rings (SSSR count). The number of nitrogens with one attached hydrogen (secondary N) is 1. The third-order valence-electron chi connectivity index (χ3n) is 4.55. The van der Waals surface area contributed by atoms with Gasteiger partial charge in [0.2, 0.25) is 0 Å². The lowest BCUT2D eigenvalue weighted by Gasteiger charge is -2.31. The molecule has 17 heavy (non-hydrogen) atoms. The Hall–Kier alpha value is -0.120. The van der Waals surface area contributed by atoms with Crippen molar-refractivity contribution in [3.05, 3.63) is 0 Å². The van der Waals surface area contributed by atoms with E-state index in [1.54, 1.807) is 0 Å². The van der Waals surface area contributed by atoms with Crippen molar-refractivity contribution in [1.29, 1.82) is 0 Å². The minimum Gasteiger partial charge on any atom is -0.396 e. The van der Waals surface area contributed by atoms with Gasteiger partial charge in [0.05, 0.1) is 0 Å². The van der Waals surface area contributed by atoms with E-state index in [9.17, 15) is 5.11 Å². The van der Waals surface area contributed by atoms with Gasteiger partial charge in [-0.15, -0.1) is 0 Å². The molecule has 1 atom stereocenters. The Morgan fingerprint density at radius 2 is 2.00 bits per heavy atom. The van der Waals surface area contributed by atoms with Gasteiger partial charge >= 0.3 is 0 Å². The number of aliphatic hydroxyl groups is 1. The third-order valence-corrected chi connectivity index (χ3v) is 4.55. The lowest BCUT2D eigenvalue weighted by molar-refractivity contribution is 0.109. The smallest absolute Gasteiger partial charge is 0.0499 e. The maximum atomic E-state index is 9.54. The Kier molecular flexibility index (Phi) is 5.90. The van der Waals surface area contributed by atoms with E-state index < -0.39 is 0 Å². The molecule has 0 bridgehead atoms. The van der Waals surface area contributed by atoms with Crippen LogP contribution in [0.3, 0.4) is 0 Å². The number of aliphatic hydroxyl groups excluding tert-OH is 1. The van der Waals surface area contributed by atoms with Crippen LogP contribution in [0.2, 0.25) is 0 Å². The van der Waals surface area contributed by atoms with E-state index in [1.807, 2.05) is 0 Å². The molecule has 1 aliphatic rings. The molecule has 1 saturated heterocycles. The summed E-state index contributed by atoms with van der Waals surface area (Å²) in [6.45, 7) is 12.5. The zero-order valence-corrected chi connectivity index (χ0v) is 12.0. The maximum absolute atomic E-state index is 9.54. The van der Waals surface area contributed by atoms with Gasteiger partial charge in [-0.05, 0) is 39.7 Å². The minimum atomic E-state index is 0.0885. The molecule has 0 aromatic heterocycles. The summed E-state index contributed by atoms with van der Waals surface area (Å²) in [6, 6.07) is 1.27. The highest BCUT2D eigenvalue weighted by molar-refractivity contribution is 4.86. The van der Waals surface area contributed by atoms with Crippen LogP contribution in [0, 0.1) is 5.41 Å². The fourth-order valence-corrected chi connectivity index (χ4v) is 2.56. The van der Waals surface area contributed by atoms with E-state index in [2.05, 4.69) is 37.9 Å². The molecular weight excluding hydrogens is 212 g/mol. The molecule has 2 N–H and O–H groups in total. The van der Waals surface area contributed by atoms with Crippen molar-refractivity contribution in [2.24, 2.45) is 5.41 Å². The van der Waals surface area contributed by atoms with Crippen molar-refractivity contribution in [3.8, 4) is 0 Å². The highest BCUT2D eigenvalue weighted by Crippen LogP contribution is 2.25. The Labute approximate surface area is 107 Å². The fourth-order valence-electron chi connectivity index (χ4n) is 2.56. The Morgan fingerprint density at radius 1 is 1.35 bits per heavy atom. The van der Waals surface area contributed by atoms with Crippen LogP contribution in [0.4, 0.5) is 0 Å². The molecule has 1 aliphatic heterocycles. The molecule has 0 aromatic rings. The topological polar surface area (TPSA) is 35.5 Å². The Balaban J connectivity index is 2.36. The first-order valence-electron chi connectivity index (χ1n) is 7.15. The average molecular weight is 242 g/mol. The second kappa shape index (κ2) is 6.72. The van der Waals surface area contributed by atoms with Crippen molar-refractivity contribution < 1.29 is 5.11 Å². The number of likely N-dealkylation sites (tertiary alicyclic amines) is 1. The van der Waals surface area contributed by atoms with Gasteiger partial charge in [-0.3, -0.25) is 4.90 Å². The SMILES string of the molecule is CCC(CC)(CO)CNC1CCN(C(C)C)C1. The molecule has 1 unspecified atom stereocenters. The second-order valence-electron chi connectivity index (χ2n) is 5.82. The monoisotopic (exact) mass is 242 g/mol. The van der Waals surface area contributed by atoms with Crippen LogP contribution in [-0.2, 0) is 0 Å². The predicted octanol–water partition coefficient (Wildman–Crippen LogP) is 1.86. The zero-order chi connectivity index (χ0) is 12.9. The van der Waals surface area contributed by atoms with Crippen molar-refractivity contribution in [2.75, 3.05) is 26.2 Å². The minimum absolute atomic E-state index is 0.0885. The van der Waals surface area contributed by atoms with E-state index in [0.717, 1.165) is 25.9 Å². The van der Waals surface area contributed by atoms with E-state index in [4.69, 9.17) is 0 Å². The number of rotatable bonds is 7. The molecule has 1 fully saturated rings. The average Bonchev–Trinajstić information content (AvgIpc) is 2.81. The molecule has 0 radical (unpaired) electrons. The number of hydrogen-bond donors (Lipinski definition) is 2. The van der Waals surface area contributed by atoms with E-state index in [1.165, 1.54) is 13.0 Å². The lowest BCUT2D eigenvalue weighted by Crippen LogP contribution is -2.43. The van der Waals surface area contributed by atoms with E-state index in [-0.39, 0.29) is 5.41 Å². The molecule has 0 spiro atoms. The van der Waals surface area contributed by atoms with Gasteiger partial charge in [-0.2, -0.15) is 0 Å². The fraction of sp³-hybridized carbons (Fsp3) is 1.00. The third kappa shape index (κ3) is 3.94. The van der Waals surface area contributed by atoms with Crippen LogP contribution in [0.25, 0.3) is 0 Å². The largest absolute Gasteiger partial charge is 0.396 e. The Morgan fingerprint density at radius 3 is 2.41 bits per heavy atom. The summed E-state index contributed by atoms with van der Waals surface area (Å²) in [4.78, 5) is 2.52. The standard InChI is InChI=1S/C14H30N2O/c1-5-14(6-2,11-17)10-15-13-7-8-16(9-13)12(3)4/h12-13,15,17H,5-11H2,1-4H3. The first-order valence-corrected chi connectivity index (χ1v) is 7.15. The van der Waals surface area contributed by atoms with Crippen LogP contribution in [0.5, 0.6) is 0 Å². The summed E-state index contributed by atoms with van der Waals surface area (Å²) in [7, 11) is 0. The predicted molar refractivity (Wildman–Crippen MR) is 73.2 cm³/mol. The molecule has 0 aliphatic carbocycles. The summed E-state index contributed by atoms with van der Waals surface area (Å²) in [5.74, 6) is 0. The van der Waals surface area contributed by atoms with Crippen LogP contribution in [-0.4, -0.2) is 48.3 Å². The van der Waals surface area contributed by atoms with Crippen molar-refractivity contribution in [3.63, 3.8) is 0 Å². The first kappa shape index (κ1) is 14.9. The highest BCUT2D eigenvalue weighted by Gasteiger charge is 2.29. The molecule has 1 heterocycles. The van der Waals surface area contributed by atoms with Gasteiger partial charge in [0, 0.05) is 37.2 Å². The molecule has 0 amide bonds. The summed E-state index contributed by atoms with van der Waals surface area (Å²) >= 11 is 0. The quantitative estimate of drug-likeness (QED) is 0.715. The van der Waals surface area contributed by atoms with Crippen LogP contribution >= 0.6 is 0 Å².